The highest BCUT2D eigenvalue weighted by molar-refractivity contribution is 5.36. The van der Waals surface area contributed by atoms with Crippen LogP contribution in [0.15, 0.2) is 24.3 Å². The topological polar surface area (TPSA) is 26.0 Å². The van der Waals surface area contributed by atoms with E-state index in [4.69, 9.17) is 5.73 Å². The first-order valence-electron chi connectivity index (χ1n) is 6.05. The molecule has 0 heterocycles. The van der Waals surface area contributed by atoms with Crippen LogP contribution >= 0.6 is 0 Å². The van der Waals surface area contributed by atoms with Crippen molar-refractivity contribution in [2.45, 2.75) is 45.1 Å². The summed E-state index contributed by atoms with van der Waals surface area (Å²) in [7, 11) is 0. The Morgan fingerprint density at radius 1 is 1.13 bits per heavy atom. The van der Waals surface area contributed by atoms with Crippen molar-refractivity contribution in [1.82, 2.24) is 0 Å². The Labute approximate surface area is 92.7 Å². The van der Waals surface area contributed by atoms with Crippen molar-refractivity contribution < 1.29 is 0 Å². The van der Waals surface area contributed by atoms with E-state index in [-0.39, 0.29) is 5.54 Å². The van der Waals surface area contributed by atoms with Gasteiger partial charge in [0.1, 0.15) is 0 Å². The van der Waals surface area contributed by atoms with Crippen LogP contribution in [0.1, 0.15) is 37.8 Å². The van der Waals surface area contributed by atoms with E-state index in [9.17, 15) is 0 Å². The Hall–Kier alpha value is -0.820. The lowest BCUT2D eigenvalue weighted by Gasteiger charge is -2.32. The second-order valence-electron chi connectivity index (χ2n) is 4.87. The minimum absolute atomic E-state index is 0.0210. The molecule has 2 N–H and O–H groups in total. The maximum atomic E-state index is 6.57. The predicted molar refractivity (Wildman–Crippen MR) is 64.8 cm³/mol. The van der Waals surface area contributed by atoms with Gasteiger partial charge in [-0.3, -0.25) is 0 Å². The molecule has 2 rings (SSSR count). The van der Waals surface area contributed by atoms with Gasteiger partial charge >= 0.3 is 0 Å². The van der Waals surface area contributed by atoms with Crippen molar-refractivity contribution >= 4 is 0 Å². The van der Waals surface area contributed by atoms with Gasteiger partial charge in [-0.1, -0.05) is 51.0 Å². The van der Waals surface area contributed by atoms with Crippen LogP contribution in [0, 0.1) is 5.92 Å². The standard InChI is InChI=1S/C14H21N/c1-3-13(4-2)14(15)9-11-7-5-6-8-12(11)10-14/h5-8,13H,3-4,9-10,15H2,1-2H3. The number of benzene rings is 1. The molecule has 0 aromatic heterocycles. The molecule has 1 nitrogen and oxygen atoms in total. The maximum Gasteiger partial charge on any atom is 0.0264 e. The van der Waals surface area contributed by atoms with Gasteiger partial charge in [0, 0.05) is 5.54 Å². The molecule has 0 saturated heterocycles. The third kappa shape index (κ3) is 1.81. The summed E-state index contributed by atoms with van der Waals surface area (Å²) in [5.41, 5.74) is 9.53. The van der Waals surface area contributed by atoms with Crippen LogP contribution in [0.4, 0.5) is 0 Å². The van der Waals surface area contributed by atoms with Gasteiger partial charge in [-0.15, -0.1) is 0 Å². The highest BCUT2D eigenvalue weighted by Gasteiger charge is 2.38. The van der Waals surface area contributed by atoms with Crippen LogP contribution in [-0.4, -0.2) is 5.54 Å². The van der Waals surface area contributed by atoms with Gasteiger partial charge in [-0.25, -0.2) is 0 Å². The summed E-state index contributed by atoms with van der Waals surface area (Å²) in [6, 6.07) is 8.70. The van der Waals surface area contributed by atoms with Crippen LogP contribution in [0.2, 0.25) is 0 Å². The highest BCUT2D eigenvalue weighted by Crippen LogP contribution is 2.36. The molecule has 0 bridgehead atoms. The van der Waals surface area contributed by atoms with E-state index in [0.717, 1.165) is 12.8 Å². The molecule has 0 saturated carbocycles. The Bertz CT molecular complexity index is 314. The van der Waals surface area contributed by atoms with Crippen molar-refractivity contribution in [1.29, 1.82) is 0 Å². The van der Waals surface area contributed by atoms with Gasteiger partial charge < -0.3 is 5.73 Å². The second kappa shape index (κ2) is 3.97. The van der Waals surface area contributed by atoms with E-state index >= 15 is 0 Å². The van der Waals surface area contributed by atoms with Gasteiger partial charge in [0.05, 0.1) is 0 Å². The number of rotatable bonds is 3. The molecule has 82 valence electrons. The SMILES string of the molecule is CCC(CC)C1(N)Cc2ccccc2C1. The molecule has 1 aromatic rings. The summed E-state index contributed by atoms with van der Waals surface area (Å²) in [5.74, 6) is 0.657. The zero-order valence-corrected chi connectivity index (χ0v) is 9.79. The van der Waals surface area contributed by atoms with Gasteiger partial charge in [0.25, 0.3) is 0 Å². The Balaban J connectivity index is 2.24. The Morgan fingerprint density at radius 2 is 1.60 bits per heavy atom. The monoisotopic (exact) mass is 203 g/mol. The minimum atomic E-state index is 0.0210. The number of nitrogens with two attached hydrogens (primary N) is 1. The minimum Gasteiger partial charge on any atom is -0.324 e. The van der Waals surface area contributed by atoms with Crippen LogP contribution in [0.5, 0.6) is 0 Å². The van der Waals surface area contributed by atoms with Crippen molar-refractivity contribution in [2.24, 2.45) is 11.7 Å². The molecule has 0 radical (unpaired) electrons. The van der Waals surface area contributed by atoms with Gasteiger partial charge in [-0.05, 0) is 29.9 Å². The predicted octanol–water partition coefficient (Wildman–Crippen LogP) is 2.92. The van der Waals surface area contributed by atoms with Crippen LogP contribution in [0.25, 0.3) is 0 Å². The molecule has 0 fully saturated rings. The van der Waals surface area contributed by atoms with E-state index in [1.807, 2.05) is 0 Å². The lowest BCUT2D eigenvalue weighted by atomic mass is 9.79. The summed E-state index contributed by atoms with van der Waals surface area (Å²) in [6.07, 6.45) is 4.52. The molecule has 0 aliphatic heterocycles. The first-order valence-corrected chi connectivity index (χ1v) is 6.05. The summed E-state index contributed by atoms with van der Waals surface area (Å²) in [4.78, 5) is 0. The first-order chi connectivity index (χ1) is 7.19. The highest BCUT2D eigenvalue weighted by atomic mass is 14.8. The zero-order valence-electron chi connectivity index (χ0n) is 9.79. The molecule has 0 unspecified atom stereocenters. The largest absolute Gasteiger partial charge is 0.324 e. The average molecular weight is 203 g/mol. The summed E-state index contributed by atoms with van der Waals surface area (Å²) < 4.78 is 0. The molecule has 1 heteroatoms. The summed E-state index contributed by atoms with van der Waals surface area (Å²) in [5, 5.41) is 0. The van der Waals surface area contributed by atoms with Gasteiger partial charge in [0.15, 0.2) is 0 Å². The molecular weight excluding hydrogens is 182 g/mol. The van der Waals surface area contributed by atoms with E-state index in [1.54, 1.807) is 0 Å². The van der Waals surface area contributed by atoms with Crippen LogP contribution in [-0.2, 0) is 12.8 Å². The third-order valence-corrected chi connectivity index (χ3v) is 3.96. The van der Waals surface area contributed by atoms with Crippen LogP contribution in [0.3, 0.4) is 0 Å². The number of hydrogen-bond acceptors (Lipinski definition) is 1. The maximum absolute atomic E-state index is 6.57. The average Bonchev–Trinajstić information content (AvgIpc) is 2.56. The molecule has 0 amide bonds. The molecular formula is C14H21N. The molecule has 15 heavy (non-hydrogen) atoms. The van der Waals surface area contributed by atoms with Gasteiger partial charge in [0.2, 0.25) is 0 Å². The van der Waals surface area contributed by atoms with Crippen molar-refractivity contribution in [3.8, 4) is 0 Å². The molecule has 0 spiro atoms. The second-order valence-corrected chi connectivity index (χ2v) is 4.87. The summed E-state index contributed by atoms with van der Waals surface area (Å²) >= 11 is 0. The third-order valence-electron chi connectivity index (χ3n) is 3.96. The lowest BCUT2D eigenvalue weighted by molar-refractivity contribution is 0.265. The first kappa shape index (κ1) is 10.7. The fraction of sp³-hybridized carbons (Fsp3) is 0.571. The quantitative estimate of drug-likeness (QED) is 0.803. The van der Waals surface area contributed by atoms with E-state index in [1.165, 1.54) is 24.0 Å². The van der Waals surface area contributed by atoms with E-state index < -0.39 is 0 Å². The molecule has 1 aliphatic rings. The lowest BCUT2D eigenvalue weighted by Crippen LogP contribution is -2.47. The smallest absolute Gasteiger partial charge is 0.0264 e. The van der Waals surface area contributed by atoms with Crippen LogP contribution < -0.4 is 5.73 Å². The normalized spacial score (nSPS) is 18.1. The van der Waals surface area contributed by atoms with Gasteiger partial charge in [-0.2, -0.15) is 0 Å². The summed E-state index contributed by atoms with van der Waals surface area (Å²) in [6.45, 7) is 4.51. The Kier molecular flexibility index (Phi) is 2.83. The molecule has 0 atom stereocenters. The fourth-order valence-corrected chi connectivity index (χ4v) is 3.06. The molecule has 1 aliphatic carbocycles. The van der Waals surface area contributed by atoms with Crippen molar-refractivity contribution in [2.75, 3.05) is 0 Å². The fourth-order valence-electron chi connectivity index (χ4n) is 3.06. The molecule has 1 aromatic carbocycles. The number of hydrogen-bond donors (Lipinski definition) is 1. The van der Waals surface area contributed by atoms with Crippen molar-refractivity contribution in [3.05, 3.63) is 35.4 Å². The van der Waals surface area contributed by atoms with Crippen molar-refractivity contribution in [3.63, 3.8) is 0 Å². The Morgan fingerprint density at radius 3 is 2.00 bits per heavy atom. The number of fused-ring (bicyclic) bond motifs is 1. The zero-order chi connectivity index (χ0) is 10.9. The van der Waals surface area contributed by atoms with E-state index in [0.29, 0.717) is 5.92 Å². The van der Waals surface area contributed by atoms with E-state index in [2.05, 4.69) is 38.1 Å².